The summed E-state index contributed by atoms with van der Waals surface area (Å²) in [6.45, 7) is 13.8. The molecule has 0 fully saturated rings. The number of aromatic nitrogens is 1. The lowest BCUT2D eigenvalue weighted by molar-refractivity contribution is 0.413. The first kappa shape index (κ1) is 15.9. The van der Waals surface area contributed by atoms with Crippen molar-refractivity contribution in [2.75, 3.05) is 0 Å². The van der Waals surface area contributed by atoms with Crippen LogP contribution in [-0.4, -0.2) is 4.57 Å². The molecule has 0 N–H and O–H groups in total. The van der Waals surface area contributed by atoms with Crippen molar-refractivity contribution in [1.29, 1.82) is 0 Å². The second-order valence-electron chi connectivity index (χ2n) is 8.36. The van der Waals surface area contributed by atoms with E-state index < -0.39 is 0 Å². The summed E-state index contributed by atoms with van der Waals surface area (Å²) in [5.74, 6) is 0. The van der Waals surface area contributed by atoms with E-state index in [1.807, 2.05) is 0 Å². The highest BCUT2D eigenvalue weighted by atomic mass is 15.1. The molecule has 0 saturated heterocycles. The molecule has 0 aliphatic rings. The lowest BCUT2D eigenvalue weighted by Gasteiger charge is -2.28. The third-order valence-electron chi connectivity index (χ3n) is 4.34. The molecule has 0 bridgehead atoms. The van der Waals surface area contributed by atoms with Gasteiger partial charge in [-0.3, -0.25) is 0 Å². The minimum absolute atomic E-state index is 0.0221. The molecular weight excluding hydrogens is 278 g/mol. The smallest absolute Gasteiger partial charge is 0.0534 e. The second-order valence-corrected chi connectivity index (χ2v) is 8.36. The van der Waals surface area contributed by atoms with Crippen molar-refractivity contribution in [2.24, 2.45) is 0 Å². The Kier molecular flexibility index (Phi) is 3.63. The lowest BCUT2D eigenvalue weighted by Crippen LogP contribution is -2.23. The SMILES string of the molecule is CC(C)(C)c1c(-c2ccccc2)n(C(C)(C)C)c2ccccc12. The normalized spacial score (nSPS) is 12.8. The van der Waals surface area contributed by atoms with Gasteiger partial charge in [-0.15, -0.1) is 0 Å². The van der Waals surface area contributed by atoms with E-state index >= 15 is 0 Å². The maximum Gasteiger partial charge on any atom is 0.0534 e. The standard InChI is InChI=1S/C22H27N/c1-21(2,3)19-17-14-10-11-15-18(17)23(22(4,5)6)20(19)16-12-8-7-9-13-16/h7-15H,1-6H3. The number of hydrogen-bond donors (Lipinski definition) is 0. The highest BCUT2D eigenvalue weighted by molar-refractivity contribution is 5.93. The summed E-state index contributed by atoms with van der Waals surface area (Å²) < 4.78 is 2.51. The van der Waals surface area contributed by atoms with E-state index in [-0.39, 0.29) is 11.0 Å². The van der Waals surface area contributed by atoms with Crippen LogP contribution in [0, 0.1) is 0 Å². The minimum atomic E-state index is 0.0221. The van der Waals surface area contributed by atoms with Gasteiger partial charge in [0.25, 0.3) is 0 Å². The molecule has 0 aliphatic carbocycles. The zero-order valence-electron chi connectivity index (χ0n) is 15.1. The van der Waals surface area contributed by atoms with Crippen LogP contribution < -0.4 is 0 Å². The van der Waals surface area contributed by atoms with E-state index in [1.54, 1.807) is 0 Å². The largest absolute Gasteiger partial charge is 0.335 e. The quantitative estimate of drug-likeness (QED) is 0.493. The fraction of sp³-hybridized carbons (Fsp3) is 0.364. The molecule has 1 heterocycles. The zero-order valence-corrected chi connectivity index (χ0v) is 15.1. The van der Waals surface area contributed by atoms with E-state index in [9.17, 15) is 0 Å². The van der Waals surface area contributed by atoms with Crippen LogP contribution in [0.4, 0.5) is 0 Å². The van der Waals surface area contributed by atoms with Crippen molar-refractivity contribution >= 4 is 10.9 Å². The van der Waals surface area contributed by atoms with Gasteiger partial charge in [0, 0.05) is 16.4 Å². The van der Waals surface area contributed by atoms with Gasteiger partial charge in [0.1, 0.15) is 0 Å². The Morgan fingerprint density at radius 3 is 1.83 bits per heavy atom. The summed E-state index contributed by atoms with van der Waals surface area (Å²) in [7, 11) is 0. The van der Waals surface area contributed by atoms with Crippen molar-refractivity contribution in [3.05, 3.63) is 60.2 Å². The maximum absolute atomic E-state index is 2.51. The molecule has 1 heteroatoms. The predicted octanol–water partition coefficient (Wildman–Crippen LogP) is 6.36. The molecular formula is C22H27N. The van der Waals surface area contributed by atoms with Gasteiger partial charge in [0.15, 0.2) is 0 Å². The van der Waals surface area contributed by atoms with Crippen molar-refractivity contribution in [3.8, 4) is 11.3 Å². The van der Waals surface area contributed by atoms with E-state index in [4.69, 9.17) is 0 Å². The van der Waals surface area contributed by atoms with Crippen molar-refractivity contribution in [3.63, 3.8) is 0 Å². The third kappa shape index (κ3) is 2.69. The fourth-order valence-electron chi connectivity index (χ4n) is 3.57. The van der Waals surface area contributed by atoms with E-state index in [0.29, 0.717) is 0 Å². The molecule has 1 aromatic heterocycles. The molecule has 0 spiro atoms. The van der Waals surface area contributed by atoms with Crippen LogP contribution in [0.1, 0.15) is 47.1 Å². The van der Waals surface area contributed by atoms with Gasteiger partial charge < -0.3 is 4.57 Å². The molecule has 0 unspecified atom stereocenters. The summed E-state index contributed by atoms with van der Waals surface area (Å²) in [5, 5.41) is 1.37. The van der Waals surface area contributed by atoms with Gasteiger partial charge in [-0.2, -0.15) is 0 Å². The van der Waals surface area contributed by atoms with Crippen LogP contribution in [0.5, 0.6) is 0 Å². The van der Waals surface area contributed by atoms with E-state index in [1.165, 1.54) is 27.7 Å². The zero-order chi connectivity index (χ0) is 16.8. The van der Waals surface area contributed by atoms with Crippen molar-refractivity contribution < 1.29 is 0 Å². The van der Waals surface area contributed by atoms with Crippen molar-refractivity contribution in [2.45, 2.75) is 52.5 Å². The van der Waals surface area contributed by atoms with E-state index in [0.717, 1.165) is 0 Å². The average Bonchev–Trinajstić information content (AvgIpc) is 2.83. The van der Waals surface area contributed by atoms with Gasteiger partial charge in [0.05, 0.1) is 5.69 Å². The molecule has 3 aromatic rings. The summed E-state index contributed by atoms with van der Waals surface area (Å²) >= 11 is 0. The molecule has 0 atom stereocenters. The molecule has 0 aliphatic heterocycles. The summed E-state index contributed by atoms with van der Waals surface area (Å²) in [6.07, 6.45) is 0. The summed E-state index contributed by atoms with van der Waals surface area (Å²) in [4.78, 5) is 0. The van der Waals surface area contributed by atoms with Crippen LogP contribution in [0.2, 0.25) is 0 Å². The number of benzene rings is 2. The molecule has 3 rings (SSSR count). The number of hydrogen-bond acceptors (Lipinski definition) is 0. The van der Waals surface area contributed by atoms with E-state index in [2.05, 4.69) is 101 Å². The summed E-state index contributed by atoms with van der Waals surface area (Å²) in [5.41, 5.74) is 5.52. The Balaban J connectivity index is 2.54. The average molecular weight is 305 g/mol. The first-order valence-corrected chi connectivity index (χ1v) is 8.41. The lowest BCUT2D eigenvalue weighted by atomic mass is 9.83. The molecule has 2 aromatic carbocycles. The summed E-state index contributed by atoms with van der Waals surface area (Å²) in [6, 6.07) is 19.6. The number of para-hydroxylation sites is 1. The first-order valence-electron chi connectivity index (χ1n) is 8.41. The van der Waals surface area contributed by atoms with Crippen LogP contribution in [0.15, 0.2) is 54.6 Å². The van der Waals surface area contributed by atoms with Gasteiger partial charge >= 0.3 is 0 Å². The molecule has 23 heavy (non-hydrogen) atoms. The van der Waals surface area contributed by atoms with Crippen LogP contribution in [0.25, 0.3) is 22.2 Å². The Morgan fingerprint density at radius 1 is 0.696 bits per heavy atom. The van der Waals surface area contributed by atoms with Crippen molar-refractivity contribution in [1.82, 2.24) is 4.57 Å². The number of fused-ring (bicyclic) bond motifs is 1. The van der Waals surface area contributed by atoms with Crippen LogP contribution in [-0.2, 0) is 11.0 Å². The monoisotopic (exact) mass is 305 g/mol. The Morgan fingerprint density at radius 2 is 1.26 bits per heavy atom. The molecule has 0 amide bonds. The third-order valence-corrected chi connectivity index (χ3v) is 4.34. The van der Waals surface area contributed by atoms with Crippen LogP contribution in [0.3, 0.4) is 0 Å². The fourth-order valence-corrected chi connectivity index (χ4v) is 3.57. The number of nitrogens with zero attached hydrogens (tertiary/aromatic N) is 1. The van der Waals surface area contributed by atoms with Gasteiger partial charge in [-0.05, 0) is 43.4 Å². The first-order chi connectivity index (χ1) is 10.7. The second kappa shape index (κ2) is 5.26. The van der Waals surface area contributed by atoms with Gasteiger partial charge in [0.2, 0.25) is 0 Å². The molecule has 0 radical (unpaired) electrons. The Bertz CT molecular complexity index is 773. The molecule has 1 nitrogen and oxygen atoms in total. The number of rotatable bonds is 1. The maximum atomic E-state index is 2.51. The van der Waals surface area contributed by atoms with Gasteiger partial charge in [-0.25, -0.2) is 0 Å². The molecule has 120 valence electrons. The topological polar surface area (TPSA) is 4.93 Å². The predicted molar refractivity (Wildman–Crippen MR) is 101 cm³/mol. The highest BCUT2D eigenvalue weighted by Crippen LogP contribution is 2.43. The Labute approximate surface area is 140 Å². The minimum Gasteiger partial charge on any atom is -0.335 e. The van der Waals surface area contributed by atoms with Gasteiger partial charge in [-0.1, -0.05) is 69.3 Å². The molecule has 0 saturated carbocycles. The highest BCUT2D eigenvalue weighted by Gasteiger charge is 2.30. The van der Waals surface area contributed by atoms with Crippen LogP contribution >= 0.6 is 0 Å². The Hall–Kier alpha value is -2.02.